The van der Waals surface area contributed by atoms with E-state index in [0.717, 1.165) is 6.54 Å². The van der Waals surface area contributed by atoms with Gasteiger partial charge in [0, 0.05) is 24.7 Å². The number of nitrogens with two attached hydrogens (primary N) is 1. The molecule has 0 heterocycles. The maximum Gasteiger partial charge on any atom is 0.253 e. The fraction of sp³-hybridized carbons (Fsp3) is 0.385. The van der Waals surface area contributed by atoms with Crippen molar-refractivity contribution >= 4 is 11.7 Å². The predicted octanol–water partition coefficient (Wildman–Crippen LogP) is 1.26. The number of amidine groups is 1. The van der Waals surface area contributed by atoms with Crippen molar-refractivity contribution in [3.8, 4) is 0 Å². The van der Waals surface area contributed by atoms with Crippen molar-refractivity contribution in [2.45, 2.75) is 12.8 Å². The molecule has 5 nitrogen and oxygen atoms in total. The van der Waals surface area contributed by atoms with Crippen LogP contribution in [0.4, 0.5) is 0 Å². The molecule has 18 heavy (non-hydrogen) atoms. The van der Waals surface area contributed by atoms with Gasteiger partial charge in [-0.1, -0.05) is 17.3 Å². The highest BCUT2D eigenvalue weighted by atomic mass is 16.4. The average Bonchev–Trinajstić information content (AvgIpc) is 3.20. The number of nitrogens with zero attached hydrogens (tertiary/aromatic N) is 2. The monoisotopic (exact) mass is 247 g/mol. The third-order valence-corrected chi connectivity index (χ3v) is 3.09. The summed E-state index contributed by atoms with van der Waals surface area (Å²) in [5, 5.41) is 11.6. The maximum atomic E-state index is 12.2. The lowest BCUT2D eigenvalue weighted by atomic mass is 10.1. The summed E-state index contributed by atoms with van der Waals surface area (Å²) in [7, 11) is 1.80. The van der Waals surface area contributed by atoms with Crippen molar-refractivity contribution in [2.24, 2.45) is 16.8 Å². The lowest BCUT2D eigenvalue weighted by Crippen LogP contribution is -2.29. The molecule has 0 aliphatic heterocycles. The maximum absolute atomic E-state index is 12.2. The molecular weight excluding hydrogens is 230 g/mol. The zero-order valence-electron chi connectivity index (χ0n) is 10.3. The number of hydrogen-bond acceptors (Lipinski definition) is 3. The third kappa shape index (κ3) is 2.80. The molecule has 2 rings (SSSR count). The van der Waals surface area contributed by atoms with E-state index in [1.807, 2.05) is 0 Å². The van der Waals surface area contributed by atoms with Crippen molar-refractivity contribution < 1.29 is 10.0 Å². The summed E-state index contributed by atoms with van der Waals surface area (Å²) in [6.45, 7) is 0.798. The fourth-order valence-electron chi connectivity index (χ4n) is 1.86. The Labute approximate surface area is 106 Å². The van der Waals surface area contributed by atoms with Gasteiger partial charge in [0.15, 0.2) is 5.84 Å². The van der Waals surface area contributed by atoms with Crippen LogP contribution in [0.25, 0.3) is 0 Å². The van der Waals surface area contributed by atoms with Crippen LogP contribution in [0.5, 0.6) is 0 Å². The minimum absolute atomic E-state index is 0.00879. The SMILES string of the molecule is CN(CC1CC1)C(=O)c1cccc(/C(N)=N/O)c1. The fourth-order valence-corrected chi connectivity index (χ4v) is 1.86. The molecule has 0 spiro atoms. The first kappa shape index (κ1) is 12.4. The summed E-state index contributed by atoms with van der Waals surface area (Å²) in [5.41, 5.74) is 6.61. The highest BCUT2D eigenvalue weighted by Crippen LogP contribution is 2.29. The predicted molar refractivity (Wildman–Crippen MR) is 68.6 cm³/mol. The number of rotatable bonds is 4. The zero-order valence-corrected chi connectivity index (χ0v) is 10.3. The van der Waals surface area contributed by atoms with E-state index in [1.165, 1.54) is 12.8 Å². The molecular formula is C13H17N3O2. The molecule has 1 aliphatic rings. The van der Waals surface area contributed by atoms with Gasteiger partial charge in [-0.2, -0.15) is 0 Å². The van der Waals surface area contributed by atoms with Crippen LogP contribution in [0.2, 0.25) is 0 Å². The molecule has 0 radical (unpaired) electrons. The van der Waals surface area contributed by atoms with Gasteiger partial charge in [0.2, 0.25) is 0 Å². The van der Waals surface area contributed by atoms with Crippen LogP contribution < -0.4 is 5.73 Å². The quantitative estimate of drug-likeness (QED) is 0.364. The number of carbonyl (C=O) groups is 1. The van der Waals surface area contributed by atoms with E-state index in [1.54, 1.807) is 36.2 Å². The van der Waals surface area contributed by atoms with Gasteiger partial charge in [-0.05, 0) is 30.9 Å². The van der Waals surface area contributed by atoms with E-state index in [0.29, 0.717) is 17.0 Å². The van der Waals surface area contributed by atoms with Gasteiger partial charge in [-0.15, -0.1) is 0 Å². The number of benzene rings is 1. The largest absolute Gasteiger partial charge is 0.409 e. The third-order valence-electron chi connectivity index (χ3n) is 3.09. The second-order valence-corrected chi connectivity index (χ2v) is 4.70. The molecule has 0 saturated heterocycles. The molecule has 1 amide bonds. The molecule has 1 fully saturated rings. The lowest BCUT2D eigenvalue weighted by molar-refractivity contribution is 0.0788. The average molecular weight is 247 g/mol. The van der Waals surface area contributed by atoms with Gasteiger partial charge >= 0.3 is 0 Å². The minimum Gasteiger partial charge on any atom is -0.409 e. The summed E-state index contributed by atoms with van der Waals surface area (Å²) in [4.78, 5) is 13.9. The van der Waals surface area contributed by atoms with Gasteiger partial charge in [-0.25, -0.2) is 0 Å². The highest BCUT2D eigenvalue weighted by molar-refractivity contribution is 6.01. The van der Waals surface area contributed by atoms with Crippen LogP contribution in [0, 0.1) is 5.92 Å². The molecule has 5 heteroatoms. The molecule has 3 N–H and O–H groups in total. The van der Waals surface area contributed by atoms with Gasteiger partial charge in [-0.3, -0.25) is 4.79 Å². The summed E-state index contributed by atoms with van der Waals surface area (Å²) >= 11 is 0. The summed E-state index contributed by atoms with van der Waals surface area (Å²) in [6.07, 6.45) is 2.42. The van der Waals surface area contributed by atoms with Gasteiger partial charge in [0.25, 0.3) is 5.91 Å². The molecule has 1 aromatic carbocycles. The first-order chi connectivity index (χ1) is 8.61. The van der Waals surface area contributed by atoms with Gasteiger partial charge in [0.05, 0.1) is 0 Å². The Morgan fingerprint density at radius 2 is 2.17 bits per heavy atom. The summed E-state index contributed by atoms with van der Waals surface area (Å²) in [6, 6.07) is 6.80. The molecule has 96 valence electrons. The second kappa shape index (κ2) is 5.08. The Bertz CT molecular complexity index is 481. The first-order valence-electron chi connectivity index (χ1n) is 5.95. The number of hydrogen-bond donors (Lipinski definition) is 2. The van der Waals surface area contributed by atoms with Crippen molar-refractivity contribution in [1.29, 1.82) is 0 Å². The molecule has 0 aromatic heterocycles. The first-order valence-corrected chi connectivity index (χ1v) is 5.95. The normalized spacial score (nSPS) is 15.5. The van der Waals surface area contributed by atoms with E-state index >= 15 is 0 Å². The van der Waals surface area contributed by atoms with Crippen molar-refractivity contribution in [2.75, 3.05) is 13.6 Å². The van der Waals surface area contributed by atoms with E-state index in [4.69, 9.17) is 10.9 Å². The van der Waals surface area contributed by atoms with Gasteiger partial charge < -0.3 is 15.8 Å². The molecule has 0 unspecified atom stereocenters. The van der Waals surface area contributed by atoms with Crippen molar-refractivity contribution in [3.63, 3.8) is 0 Å². The number of amides is 1. The molecule has 0 bridgehead atoms. The standard InChI is InChI=1S/C13H17N3O2/c1-16(8-9-5-6-9)13(17)11-4-2-3-10(7-11)12(14)15-18/h2-4,7,9,18H,5-6,8H2,1H3,(H2,14,15). The van der Waals surface area contributed by atoms with Crippen LogP contribution in [-0.2, 0) is 0 Å². The Kier molecular flexibility index (Phi) is 3.50. The Balaban J connectivity index is 2.13. The van der Waals surface area contributed by atoms with Crippen LogP contribution in [-0.4, -0.2) is 35.4 Å². The number of carbonyl (C=O) groups excluding carboxylic acids is 1. The second-order valence-electron chi connectivity index (χ2n) is 4.70. The Morgan fingerprint density at radius 1 is 1.50 bits per heavy atom. The zero-order chi connectivity index (χ0) is 13.1. The minimum atomic E-state index is -0.0329. The van der Waals surface area contributed by atoms with E-state index < -0.39 is 0 Å². The smallest absolute Gasteiger partial charge is 0.253 e. The van der Waals surface area contributed by atoms with E-state index in [9.17, 15) is 4.79 Å². The topological polar surface area (TPSA) is 78.9 Å². The van der Waals surface area contributed by atoms with Crippen molar-refractivity contribution in [1.82, 2.24) is 4.90 Å². The lowest BCUT2D eigenvalue weighted by Gasteiger charge is -2.17. The van der Waals surface area contributed by atoms with E-state index in [-0.39, 0.29) is 11.7 Å². The Hall–Kier alpha value is -2.04. The highest BCUT2D eigenvalue weighted by Gasteiger charge is 2.25. The van der Waals surface area contributed by atoms with Crippen LogP contribution >= 0.6 is 0 Å². The molecule has 1 saturated carbocycles. The van der Waals surface area contributed by atoms with Gasteiger partial charge in [0.1, 0.15) is 0 Å². The Morgan fingerprint density at radius 3 is 2.78 bits per heavy atom. The van der Waals surface area contributed by atoms with Crippen LogP contribution in [0.15, 0.2) is 29.4 Å². The molecule has 1 aromatic rings. The van der Waals surface area contributed by atoms with Crippen molar-refractivity contribution in [3.05, 3.63) is 35.4 Å². The van der Waals surface area contributed by atoms with E-state index in [2.05, 4.69) is 5.16 Å². The summed E-state index contributed by atoms with van der Waals surface area (Å²) < 4.78 is 0. The molecule has 0 atom stereocenters. The number of oxime groups is 1. The van der Waals surface area contributed by atoms with Crippen LogP contribution in [0.3, 0.4) is 0 Å². The molecule has 1 aliphatic carbocycles. The summed E-state index contributed by atoms with van der Waals surface area (Å²) in [5.74, 6) is 0.634. The van der Waals surface area contributed by atoms with Crippen LogP contribution in [0.1, 0.15) is 28.8 Å².